The standard InChI is InChI=1S/C43H71O13P/c1-3-5-7-9-11-13-14-15-16-17-18-19-20-21-22-24-26-28-30-32-37(45)55-35(33-53-36(44)31-29-27-25-23-12-10-8-6-4-2)34-54-57(51,52)56-43-41(49)39(47)38(46)40(48)42(43)50/h5,7,11,13,15-16,18-19,21-22,26,28,35,38-43,46-50H,3-4,6,8-10,12,14,17,20,23-25,27,29-34H2,1-2H3,(H,51,52)/b7-5-,13-11-,16-15-,19-18-,22-21-,28-26-/t35-,38?,39-,40?,41?,42?,43?/m1/s1. The number of carbonyl (C=O) groups is 2. The van der Waals surface area contributed by atoms with Crippen LogP contribution in [0, 0.1) is 0 Å². The van der Waals surface area contributed by atoms with Crippen molar-refractivity contribution in [3.8, 4) is 0 Å². The number of aliphatic hydroxyl groups excluding tert-OH is 5. The molecule has 0 radical (unpaired) electrons. The maximum absolute atomic E-state index is 12.7. The number of phosphoric ester groups is 1. The largest absolute Gasteiger partial charge is 0.472 e. The number of hydrogen-bond acceptors (Lipinski definition) is 12. The highest BCUT2D eigenvalue weighted by Crippen LogP contribution is 2.47. The zero-order chi connectivity index (χ0) is 42.2. The number of allylic oxidation sites excluding steroid dienone is 12. The predicted molar refractivity (Wildman–Crippen MR) is 221 cm³/mol. The molecule has 0 bridgehead atoms. The minimum atomic E-state index is -5.13. The third-order valence-corrected chi connectivity index (χ3v) is 10.1. The van der Waals surface area contributed by atoms with E-state index in [0.29, 0.717) is 19.3 Å². The Labute approximate surface area is 340 Å². The Morgan fingerprint density at radius 1 is 0.561 bits per heavy atom. The third-order valence-electron chi connectivity index (χ3n) is 9.08. The van der Waals surface area contributed by atoms with Gasteiger partial charge in [0.15, 0.2) is 6.10 Å². The molecule has 0 heterocycles. The maximum Gasteiger partial charge on any atom is 0.472 e. The topological polar surface area (TPSA) is 210 Å². The summed E-state index contributed by atoms with van der Waals surface area (Å²) in [5.74, 6) is -1.21. The van der Waals surface area contributed by atoms with E-state index in [2.05, 4.69) is 68.5 Å². The highest BCUT2D eigenvalue weighted by Gasteiger charge is 2.51. The number of aliphatic hydroxyl groups is 5. The molecule has 13 nitrogen and oxygen atoms in total. The van der Waals surface area contributed by atoms with Crippen molar-refractivity contribution in [3.63, 3.8) is 0 Å². The number of rotatable bonds is 32. The van der Waals surface area contributed by atoms with E-state index in [0.717, 1.165) is 57.8 Å². The van der Waals surface area contributed by atoms with E-state index >= 15 is 0 Å². The number of esters is 2. The molecule has 326 valence electrons. The van der Waals surface area contributed by atoms with E-state index < -0.39 is 75.7 Å². The molecule has 14 heteroatoms. The molecule has 0 spiro atoms. The fraction of sp³-hybridized carbons (Fsp3) is 0.674. The van der Waals surface area contributed by atoms with Crippen LogP contribution in [0.2, 0.25) is 0 Å². The molecule has 1 aliphatic rings. The molecule has 0 aromatic heterocycles. The average molecular weight is 827 g/mol. The molecule has 57 heavy (non-hydrogen) atoms. The van der Waals surface area contributed by atoms with Crippen molar-refractivity contribution in [2.24, 2.45) is 0 Å². The number of ether oxygens (including phenoxy) is 2. The van der Waals surface area contributed by atoms with Gasteiger partial charge in [-0.2, -0.15) is 0 Å². The molecule has 1 rings (SSSR count). The molecule has 8 atom stereocenters. The van der Waals surface area contributed by atoms with Crippen LogP contribution >= 0.6 is 7.82 Å². The lowest BCUT2D eigenvalue weighted by Crippen LogP contribution is -2.64. The Balaban J connectivity index is 2.56. The minimum Gasteiger partial charge on any atom is -0.462 e. The Bertz CT molecular complexity index is 1280. The predicted octanol–water partition coefficient (Wildman–Crippen LogP) is 7.16. The Morgan fingerprint density at radius 3 is 1.49 bits per heavy atom. The first-order chi connectivity index (χ1) is 27.4. The summed E-state index contributed by atoms with van der Waals surface area (Å²) in [6, 6.07) is 0. The van der Waals surface area contributed by atoms with Gasteiger partial charge in [0.25, 0.3) is 0 Å². The van der Waals surface area contributed by atoms with Gasteiger partial charge in [0.1, 0.15) is 43.2 Å². The molecule has 1 fully saturated rings. The second kappa shape index (κ2) is 33.2. The van der Waals surface area contributed by atoms with E-state index in [4.69, 9.17) is 18.5 Å². The van der Waals surface area contributed by atoms with Crippen LogP contribution in [-0.2, 0) is 32.7 Å². The molecule has 0 aliphatic heterocycles. The summed E-state index contributed by atoms with van der Waals surface area (Å²) in [5, 5.41) is 50.0. The van der Waals surface area contributed by atoms with Crippen LogP contribution in [0.5, 0.6) is 0 Å². The van der Waals surface area contributed by atoms with Gasteiger partial charge in [-0.05, 0) is 51.4 Å². The summed E-state index contributed by atoms with van der Waals surface area (Å²) >= 11 is 0. The van der Waals surface area contributed by atoms with Crippen molar-refractivity contribution in [1.82, 2.24) is 0 Å². The lowest BCUT2D eigenvalue weighted by Gasteiger charge is -2.41. The van der Waals surface area contributed by atoms with Crippen molar-refractivity contribution < 1.29 is 63.1 Å². The van der Waals surface area contributed by atoms with Gasteiger partial charge in [-0.3, -0.25) is 18.6 Å². The van der Waals surface area contributed by atoms with Crippen molar-refractivity contribution >= 4 is 19.8 Å². The summed E-state index contributed by atoms with van der Waals surface area (Å²) in [6.07, 6.45) is 27.1. The number of carbonyl (C=O) groups excluding carboxylic acids is 2. The van der Waals surface area contributed by atoms with Crippen LogP contribution < -0.4 is 0 Å². The monoisotopic (exact) mass is 826 g/mol. The van der Waals surface area contributed by atoms with Crippen LogP contribution in [0.4, 0.5) is 0 Å². The number of phosphoric acid groups is 1. The van der Waals surface area contributed by atoms with Gasteiger partial charge in [-0.1, -0.05) is 138 Å². The Morgan fingerprint density at radius 2 is 1.00 bits per heavy atom. The smallest absolute Gasteiger partial charge is 0.462 e. The van der Waals surface area contributed by atoms with Crippen LogP contribution in [-0.4, -0.2) is 98.3 Å². The maximum atomic E-state index is 12.7. The zero-order valence-electron chi connectivity index (χ0n) is 34.1. The summed E-state index contributed by atoms with van der Waals surface area (Å²) in [7, 11) is -5.13. The molecular weight excluding hydrogens is 755 g/mol. The Kier molecular flexibility index (Phi) is 30.4. The van der Waals surface area contributed by atoms with E-state index in [1.54, 1.807) is 0 Å². The summed E-state index contributed by atoms with van der Waals surface area (Å²) in [5.41, 5.74) is 0. The second-order valence-electron chi connectivity index (χ2n) is 14.1. The lowest BCUT2D eigenvalue weighted by atomic mass is 9.85. The van der Waals surface area contributed by atoms with Crippen LogP contribution in [0.25, 0.3) is 0 Å². The molecule has 0 aromatic carbocycles. The van der Waals surface area contributed by atoms with E-state index in [-0.39, 0.29) is 12.8 Å². The molecule has 1 aliphatic carbocycles. The SMILES string of the molecule is CC/C=C\C/C=C\C/C=C\C/C=C\C/C=C\C/C=C\CCC(=O)O[C@H](COC(=O)CCCCCCCCCCC)COP(=O)(O)OC1C(O)C(O)C(O)[C@@H](O)C1O. The van der Waals surface area contributed by atoms with Crippen molar-refractivity contribution in [3.05, 3.63) is 72.9 Å². The molecule has 0 aromatic rings. The quantitative estimate of drug-likeness (QED) is 0.0172. The summed E-state index contributed by atoms with van der Waals surface area (Å²) < 4.78 is 33.3. The highest BCUT2D eigenvalue weighted by molar-refractivity contribution is 7.47. The fourth-order valence-corrected chi connectivity index (χ4v) is 6.70. The number of unbranched alkanes of at least 4 members (excludes halogenated alkanes) is 8. The molecule has 0 saturated heterocycles. The first-order valence-electron chi connectivity index (χ1n) is 20.7. The van der Waals surface area contributed by atoms with Crippen molar-refractivity contribution in [2.45, 2.75) is 172 Å². The first-order valence-corrected chi connectivity index (χ1v) is 22.2. The molecule has 1 saturated carbocycles. The van der Waals surface area contributed by atoms with Crippen LogP contribution in [0.15, 0.2) is 72.9 Å². The number of hydrogen-bond donors (Lipinski definition) is 6. The van der Waals surface area contributed by atoms with Gasteiger partial charge >= 0.3 is 19.8 Å². The minimum absolute atomic E-state index is 0.0308. The molecule has 0 amide bonds. The summed E-state index contributed by atoms with van der Waals surface area (Å²) in [6.45, 7) is 3.06. The average Bonchev–Trinajstić information content (AvgIpc) is 3.19. The zero-order valence-corrected chi connectivity index (χ0v) is 35.0. The van der Waals surface area contributed by atoms with E-state index in [9.17, 15) is 44.6 Å². The molecule has 6 N–H and O–H groups in total. The Hall–Kier alpha value is -2.71. The van der Waals surface area contributed by atoms with Gasteiger partial charge < -0.3 is 39.9 Å². The van der Waals surface area contributed by atoms with E-state index in [1.165, 1.54) is 25.7 Å². The van der Waals surface area contributed by atoms with Gasteiger partial charge in [-0.25, -0.2) is 4.57 Å². The molecular formula is C43H71O13P. The summed E-state index contributed by atoms with van der Waals surface area (Å²) in [4.78, 5) is 35.4. The van der Waals surface area contributed by atoms with Gasteiger partial charge in [0, 0.05) is 12.8 Å². The van der Waals surface area contributed by atoms with Crippen molar-refractivity contribution in [2.75, 3.05) is 13.2 Å². The van der Waals surface area contributed by atoms with Gasteiger partial charge in [-0.15, -0.1) is 0 Å². The van der Waals surface area contributed by atoms with Crippen LogP contribution in [0.1, 0.15) is 129 Å². The molecule has 6 unspecified atom stereocenters. The van der Waals surface area contributed by atoms with Crippen LogP contribution in [0.3, 0.4) is 0 Å². The highest BCUT2D eigenvalue weighted by atomic mass is 31.2. The van der Waals surface area contributed by atoms with Gasteiger partial charge in [0.2, 0.25) is 0 Å². The van der Waals surface area contributed by atoms with E-state index in [1.807, 2.05) is 18.2 Å². The second-order valence-corrected chi connectivity index (χ2v) is 15.5. The fourth-order valence-electron chi connectivity index (χ4n) is 5.72. The normalized spacial score (nSPS) is 23.4. The van der Waals surface area contributed by atoms with Crippen molar-refractivity contribution in [1.29, 1.82) is 0 Å². The lowest BCUT2D eigenvalue weighted by molar-refractivity contribution is -0.220. The first kappa shape index (κ1) is 52.3. The third kappa shape index (κ3) is 26.1. The van der Waals surface area contributed by atoms with Gasteiger partial charge in [0.05, 0.1) is 6.61 Å².